The lowest BCUT2D eigenvalue weighted by molar-refractivity contribution is 0.0600. The van der Waals surface area contributed by atoms with Gasteiger partial charge in [-0.3, -0.25) is 9.69 Å². The van der Waals surface area contributed by atoms with Crippen molar-refractivity contribution in [3.63, 3.8) is 0 Å². The topological polar surface area (TPSA) is 62.7 Å². The van der Waals surface area contributed by atoms with Crippen LogP contribution in [0.5, 0.6) is 0 Å². The molecule has 0 aliphatic heterocycles. The molecule has 6 nitrogen and oxygen atoms in total. The van der Waals surface area contributed by atoms with Gasteiger partial charge in [0.15, 0.2) is 5.13 Å². The minimum Gasteiger partial charge on any atom is -0.465 e. The predicted molar refractivity (Wildman–Crippen MR) is 119 cm³/mol. The van der Waals surface area contributed by atoms with E-state index in [-0.39, 0.29) is 23.8 Å². The summed E-state index contributed by atoms with van der Waals surface area (Å²) in [7, 11) is 5.23. The number of carbonyl (C=O) groups excluding carboxylic acids is 2. The Labute approximate surface area is 184 Å². The standard InChI is InChI=1S/C21H22FN3O3S.ClH/c1-24(2)12-5-13-25(21-23-18-16(22)6-4-7-17(18)29-21)19(26)14-8-10-15(11-9-14)20(27)28-3;/h4,6-11H,5,12-13H2,1-3H3;1H. The first-order chi connectivity index (χ1) is 13.9. The molecule has 0 atom stereocenters. The molecule has 160 valence electrons. The van der Waals surface area contributed by atoms with Crippen molar-refractivity contribution in [2.45, 2.75) is 6.42 Å². The first-order valence-electron chi connectivity index (χ1n) is 9.10. The van der Waals surface area contributed by atoms with Gasteiger partial charge in [0, 0.05) is 12.1 Å². The van der Waals surface area contributed by atoms with Crippen LogP contribution in [0.25, 0.3) is 10.2 Å². The highest BCUT2D eigenvalue weighted by atomic mass is 35.5. The normalized spacial score (nSPS) is 10.7. The SMILES string of the molecule is COC(=O)c1ccc(C(=O)N(CCCN(C)C)c2nc3c(F)cccc3s2)cc1.Cl. The summed E-state index contributed by atoms with van der Waals surface area (Å²) in [5.41, 5.74) is 1.05. The summed E-state index contributed by atoms with van der Waals surface area (Å²) in [5.74, 6) is -1.12. The Kier molecular flexibility index (Phi) is 8.28. The summed E-state index contributed by atoms with van der Waals surface area (Å²) in [4.78, 5) is 32.8. The van der Waals surface area contributed by atoms with Crippen LogP contribution in [-0.2, 0) is 4.74 Å². The van der Waals surface area contributed by atoms with E-state index in [0.717, 1.165) is 13.0 Å². The number of methoxy groups -OCH3 is 1. The van der Waals surface area contributed by atoms with Gasteiger partial charge in [0.25, 0.3) is 5.91 Å². The fraction of sp³-hybridized carbons (Fsp3) is 0.286. The van der Waals surface area contributed by atoms with Crippen LogP contribution in [0.15, 0.2) is 42.5 Å². The average molecular weight is 452 g/mol. The van der Waals surface area contributed by atoms with Gasteiger partial charge >= 0.3 is 5.97 Å². The lowest BCUT2D eigenvalue weighted by Crippen LogP contribution is -2.33. The zero-order valence-corrected chi connectivity index (χ0v) is 18.6. The van der Waals surface area contributed by atoms with Crippen molar-refractivity contribution in [3.05, 3.63) is 59.4 Å². The van der Waals surface area contributed by atoms with Crippen molar-refractivity contribution in [1.29, 1.82) is 0 Å². The zero-order valence-electron chi connectivity index (χ0n) is 16.9. The molecule has 0 fully saturated rings. The lowest BCUT2D eigenvalue weighted by atomic mass is 10.1. The van der Waals surface area contributed by atoms with Gasteiger partial charge in [-0.15, -0.1) is 12.4 Å². The minimum atomic E-state index is -0.464. The fourth-order valence-electron chi connectivity index (χ4n) is 2.87. The van der Waals surface area contributed by atoms with Crippen molar-refractivity contribution in [3.8, 4) is 0 Å². The number of halogens is 2. The van der Waals surface area contributed by atoms with Crippen molar-refractivity contribution in [2.75, 3.05) is 39.2 Å². The monoisotopic (exact) mass is 451 g/mol. The van der Waals surface area contributed by atoms with Crippen LogP contribution in [0.4, 0.5) is 9.52 Å². The Morgan fingerprint density at radius 2 is 1.73 bits per heavy atom. The Balaban J connectivity index is 0.00000320. The van der Waals surface area contributed by atoms with Crippen molar-refractivity contribution in [2.24, 2.45) is 0 Å². The zero-order chi connectivity index (χ0) is 21.0. The maximum atomic E-state index is 14.1. The highest BCUT2D eigenvalue weighted by Crippen LogP contribution is 2.31. The molecule has 0 saturated heterocycles. The van der Waals surface area contributed by atoms with Crippen LogP contribution in [0, 0.1) is 5.82 Å². The van der Waals surface area contributed by atoms with Crippen molar-refractivity contribution in [1.82, 2.24) is 9.88 Å². The van der Waals surface area contributed by atoms with E-state index in [1.165, 1.54) is 24.5 Å². The Morgan fingerprint density at radius 1 is 1.07 bits per heavy atom. The average Bonchev–Trinajstić information content (AvgIpc) is 3.15. The van der Waals surface area contributed by atoms with Gasteiger partial charge in [-0.05, 0) is 63.5 Å². The molecule has 9 heteroatoms. The van der Waals surface area contributed by atoms with E-state index in [4.69, 9.17) is 4.74 Å². The third-order valence-electron chi connectivity index (χ3n) is 4.37. The number of esters is 1. The fourth-order valence-corrected chi connectivity index (χ4v) is 3.87. The molecule has 0 N–H and O–H groups in total. The van der Waals surface area contributed by atoms with Crippen molar-refractivity contribution >= 4 is 51.0 Å². The second kappa shape index (κ2) is 10.5. The molecule has 1 heterocycles. The van der Waals surface area contributed by atoms with Gasteiger partial charge in [0.2, 0.25) is 0 Å². The van der Waals surface area contributed by atoms with E-state index in [1.54, 1.807) is 41.3 Å². The number of hydrogen-bond donors (Lipinski definition) is 0. The third-order valence-corrected chi connectivity index (χ3v) is 5.42. The third kappa shape index (κ3) is 5.33. The minimum absolute atomic E-state index is 0. The number of amides is 1. The van der Waals surface area contributed by atoms with Crippen LogP contribution in [0.3, 0.4) is 0 Å². The maximum absolute atomic E-state index is 14.1. The molecule has 30 heavy (non-hydrogen) atoms. The number of thiazole rings is 1. The van der Waals surface area contributed by atoms with Gasteiger partial charge in [0.05, 0.1) is 17.4 Å². The molecule has 0 aliphatic carbocycles. The molecule has 0 saturated carbocycles. The molecule has 1 amide bonds. The number of benzene rings is 2. The smallest absolute Gasteiger partial charge is 0.337 e. The second-order valence-electron chi connectivity index (χ2n) is 6.77. The van der Waals surface area contributed by atoms with E-state index in [0.29, 0.717) is 27.5 Å². The van der Waals surface area contributed by atoms with Crippen LogP contribution < -0.4 is 4.90 Å². The molecular weight excluding hydrogens is 429 g/mol. The van der Waals surface area contributed by atoms with Crippen molar-refractivity contribution < 1.29 is 18.7 Å². The van der Waals surface area contributed by atoms with Crippen LogP contribution in [0.2, 0.25) is 0 Å². The van der Waals surface area contributed by atoms with Gasteiger partial charge in [-0.1, -0.05) is 17.4 Å². The van der Waals surface area contributed by atoms with E-state index in [9.17, 15) is 14.0 Å². The number of carbonyl (C=O) groups is 2. The molecule has 2 aromatic carbocycles. The number of para-hydroxylation sites is 1. The quantitative estimate of drug-likeness (QED) is 0.503. The molecule has 0 bridgehead atoms. The van der Waals surface area contributed by atoms with Gasteiger partial charge in [-0.25, -0.2) is 14.2 Å². The first kappa shape index (κ1) is 23.7. The number of anilines is 1. The van der Waals surface area contributed by atoms with Crippen LogP contribution in [-0.4, -0.2) is 56.1 Å². The summed E-state index contributed by atoms with van der Waals surface area (Å²) in [6.45, 7) is 1.24. The van der Waals surface area contributed by atoms with E-state index in [2.05, 4.69) is 4.98 Å². The van der Waals surface area contributed by atoms with Crippen LogP contribution >= 0.6 is 23.7 Å². The number of hydrogen-bond acceptors (Lipinski definition) is 6. The molecule has 3 aromatic rings. The molecule has 0 aliphatic rings. The van der Waals surface area contributed by atoms with Gasteiger partial charge in [-0.2, -0.15) is 0 Å². The molecule has 3 rings (SSSR count). The number of nitrogens with zero attached hydrogens (tertiary/aromatic N) is 3. The van der Waals surface area contributed by atoms with E-state index >= 15 is 0 Å². The summed E-state index contributed by atoms with van der Waals surface area (Å²) >= 11 is 1.28. The summed E-state index contributed by atoms with van der Waals surface area (Å²) < 4.78 is 19.5. The number of ether oxygens (including phenoxy) is 1. The highest BCUT2D eigenvalue weighted by Gasteiger charge is 2.22. The molecular formula is C21H23ClFN3O3S. The second-order valence-corrected chi connectivity index (χ2v) is 7.77. The van der Waals surface area contributed by atoms with E-state index in [1.807, 2.05) is 19.0 Å². The molecule has 0 spiro atoms. The lowest BCUT2D eigenvalue weighted by Gasteiger charge is -2.21. The predicted octanol–water partition coefficient (Wildman–Crippen LogP) is 4.24. The van der Waals surface area contributed by atoms with Gasteiger partial charge < -0.3 is 9.64 Å². The number of rotatable bonds is 7. The van der Waals surface area contributed by atoms with Gasteiger partial charge in [0.1, 0.15) is 11.3 Å². The first-order valence-corrected chi connectivity index (χ1v) is 9.92. The van der Waals surface area contributed by atoms with E-state index < -0.39 is 11.8 Å². The Bertz CT molecular complexity index is 1020. The summed E-state index contributed by atoms with van der Waals surface area (Å²) in [6, 6.07) is 11.0. The largest absolute Gasteiger partial charge is 0.465 e. The molecule has 0 unspecified atom stereocenters. The summed E-state index contributed by atoms with van der Waals surface area (Å²) in [5, 5.41) is 0.450. The maximum Gasteiger partial charge on any atom is 0.337 e. The number of fused-ring (bicyclic) bond motifs is 1. The highest BCUT2D eigenvalue weighted by molar-refractivity contribution is 7.22. The molecule has 1 aromatic heterocycles. The summed E-state index contributed by atoms with van der Waals surface area (Å²) in [6.07, 6.45) is 0.734. The molecule has 0 radical (unpaired) electrons. The Hall–Kier alpha value is -2.55. The number of aromatic nitrogens is 1. The Morgan fingerprint density at radius 3 is 2.33 bits per heavy atom. The van der Waals surface area contributed by atoms with Crippen LogP contribution in [0.1, 0.15) is 27.1 Å².